The lowest BCUT2D eigenvalue weighted by Crippen LogP contribution is -2.34. The normalized spacial score (nSPS) is 14.8. The maximum Gasteiger partial charge on any atom is 0.417 e. The van der Waals surface area contributed by atoms with Gasteiger partial charge in [-0.25, -0.2) is 0 Å². The van der Waals surface area contributed by atoms with Crippen LogP contribution < -0.4 is 10.1 Å². The quantitative estimate of drug-likeness (QED) is 0.634. The Kier molecular flexibility index (Phi) is 12.0. The molecule has 0 radical (unpaired) electrons. The number of unbranched alkanes of at least 4 members (excludes halogenated alkanes) is 1. The van der Waals surface area contributed by atoms with Gasteiger partial charge in [-0.05, 0) is 50.6 Å². The fraction of sp³-hybridized carbons (Fsp3) is 0.684. The van der Waals surface area contributed by atoms with Crippen molar-refractivity contribution in [2.24, 2.45) is 0 Å². The van der Waals surface area contributed by atoms with E-state index in [1.54, 1.807) is 6.92 Å². The molecule has 1 heterocycles. The van der Waals surface area contributed by atoms with Crippen molar-refractivity contribution in [1.82, 2.24) is 5.32 Å². The first kappa shape index (κ1) is 24.1. The zero-order chi connectivity index (χ0) is 19.5. The van der Waals surface area contributed by atoms with Crippen LogP contribution in [-0.4, -0.2) is 19.2 Å². The number of ether oxygens (including phenoxy) is 1. The molecule has 0 amide bonds. The third-order valence-corrected chi connectivity index (χ3v) is 3.96. The Morgan fingerprint density at radius 1 is 1.12 bits per heavy atom. The largest absolute Gasteiger partial charge is 0.490 e. The predicted molar refractivity (Wildman–Crippen MR) is 99.6 cm³/mol. The van der Waals surface area contributed by atoms with Crippen LogP contribution in [0.15, 0.2) is 12.1 Å². The smallest absolute Gasteiger partial charge is 0.417 e. The average molecular weight is 382 g/mol. The minimum atomic E-state index is -4.44. The van der Waals surface area contributed by atoms with Crippen LogP contribution in [0.1, 0.15) is 64.5 Å². The molecule has 0 spiro atoms. The number of halogens is 4. The van der Waals surface area contributed by atoms with Crippen molar-refractivity contribution < 1.29 is 17.9 Å². The first-order chi connectivity index (χ1) is 11.8. The molecule has 1 aliphatic heterocycles. The summed E-state index contributed by atoms with van der Waals surface area (Å²) in [7, 11) is 0. The molecule has 0 saturated carbocycles. The van der Waals surface area contributed by atoms with Crippen molar-refractivity contribution >= 4 is 11.6 Å². The van der Waals surface area contributed by atoms with E-state index in [1.165, 1.54) is 18.9 Å². The second kappa shape index (κ2) is 12.4. The lowest BCUT2D eigenvalue weighted by molar-refractivity contribution is -0.137. The zero-order valence-corrected chi connectivity index (χ0v) is 16.7. The van der Waals surface area contributed by atoms with Crippen LogP contribution >= 0.6 is 11.6 Å². The van der Waals surface area contributed by atoms with Gasteiger partial charge in [-0.15, -0.1) is 0 Å². The van der Waals surface area contributed by atoms with Gasteiger partial charge in [0.1, 0.15) is 11.9 Å². The molecule has 1 aromatic rings. The first-order valence-electron chi connectivity index (χ1n) is 9.04. The second-order valence-corrected chi connectivity index (χ2v) is 6.07. The third-order valence-electron chi connectivity index (χ3n) is 3.65. The number of rotatable bonds is 3. The summed E-state index contributed by atoms with van der Waals surface area (Å²) in [4.78, 5) is 0. The highest BCUT2D eigenvalue weighted by molar-refractivity contribution is 6.31. The van der Waals surface area contributed by atoms with E-state index in [4.69, 9.17) is 16.3 Å². The van der Waals surface area contributed by atoms with E-state index in [1.807, 2.05) is 13.8 Å². The SMILES string of the molecule is CC.CCCC.Cc1cc(C(F)(F)F)c(Cl)cc1OC1CCNCC1. The van der Waals surface area contributed by atoms with Gasteiger partial charge in [-0.1, -0.05) is 52.1 Å². The second-order valence-electron chi connectivity index (χ2n) is 5.66. The van der Waals surface area contributed by atoms with Crippen molar-refractivity contribution in [1.29, 1.82) is 0 Å². The number of alkyl halides is 3. The molecule has 1 fully saturated rings. The summed E-state index contributed by atoms with van der Waals surface area (Å²) >= 11 is 5.69. The van der Waals surface area contributed by atoms with Crippen LogP contribution in [0.25, 0.3) is 0 Å². The molecule has 6 heteroatoms. The van der Waals surface area contributed by atoms with E-state index >= 15 is 0 Å². The van der Waals surface area contributed by atoms with Gasteiger partial charge >= 0.3 is 6.18 Å². The zero-order valence-electron chi connectivity index (χ0n) is 15.9. The minimum Gasteiger partial charge on any atom is -0.490 e. The van der Waals surface area contributed by atoms with Crippen molar-refractivity contribution in [2.45, 2.75) is 72.6 Å². The molecular weight excluding hydrogens is 351 g/mol. The van der Waals surface area contributed by atoms with Gasteiger partial charge in [0.15, 0.2) is 0 Å². The van der Waals surface area contributed by atoms with Gasteiger partial charge in [0, 0.05) is 0 Å². The lowest BCUT2D eigenvalue weighted by atomic mass is 10.1. The molecule has 0 bridgehead atoms. The standard InChI is InChI=1S/C13H15ClF3NO.C4H10.C2H6/c1-8-6-10(13(15,16)17)11(14)7-12(8)19-9-2-4-18-5-3-9;1-3-4-2;1-2/h6-7,9,18H,2-5H2,1H3;3-4H2,1-2H3;1-2H3. The Hall–Kier alpha value is -0.940. The minimum absolute atomic E-state index is 0.0350. The van der Waals surface area contributed by atoms with Gasteiger partial charge in [0.2, 0.25) is 0 Å². The van der Waals surface area contributed by atoms with Crippen LogP contribution in [-0.2, 0) is 6.18 Å². The van der Waals surface area contributed by atoms with Crippen molar-refractivity contribution in [2.75, 3.05) is 13.1 Å². The molecule has 1 aromatic carbocycles. The van der Waals surface area contributed by atoms with E-state index in [-0.39, 0.29) is 11.1 Å². The summed E-state index contributed by atoms with van der Waals surface area (Å²) in [5, 5.41) is 2.88. The Labute approximate surface area is 155 Å². The van der Waals surface area contributed by atoms with Gasteiger partial charge in [-0.2, -0.15) is 13.2 Å². The van der Waals surface area contributed by atoms with Crippen LogP contribution in [0.4, 0.5) is 13.2 Å². The van der Waals surface area contributed by atoms with Gasteiger partial charge in [-0.3, -0.25) is 0 Å². The monoisotopic (exact) mass is 381 g/mol. The number of hydrogen-bond donors (Lipinski definition) is 1. The fourth-order valence-electron chi connectivity index (χ4n) is 2.10. The van der Waals surface area contributed by atoms with E-state index < -0.39 is 11.7 Å². The third kappa shape index (κ3) is 8.82. The van der Waals surface area contributed by atoms with E-state index in [2.05, 4.69) is 19.2 Å². The fourth-order valence-corrected chi connectivity index (χ4v) is 2.36. The highest BCUT2D eigenvalue weighted by atomic mass is 35.5. The number of benzene rings is 1. The number of piperidine rings is 1. The maximum atomic E-state index is 12.7. The summed E-state index contributed by atoms with van der Waals surface area (Å²) in [5.74, 6) is 0.435. The first-order valence-corrected chi connectivity index (χ1v) is 9.42. The van der Waals surface area contributed by atoms with E-state index in [0.717, 1.165) is 32.0 Å². The van der Waals surface area contributed by atoms with Crippen molar-refractivity contribution in [3.8, 4) is 5.75 Å². The highest BCUT2D eigenvalue weighted by Gasteiger charge is 2.34. The van der Waals surface area contributed by atoms with Crippen molar-refractivity contribution in [3.05, 3.63) is 28.3 Å². The number of hydrogen-bond acceptors (Lipinski definition) is 2. The molecule has 1 aliphatic rings. The summed E-state index contributed by atoms with van der Waals surface area (Å²) in [5.41, 5.74) is -0.361. The van der Waals surface area contributed by atoms with E-state index in [9.17, 15) is 13.2 Å². The van der Waals surface area contributed by atoms with Crippen LogP contribution in [0.2, 0.25) is 5.02 Å². The van der Waals surface area contributed by atoms with Crippen LogP contribution in [0.5, 0.6) is 5.75 Å². The van der Waals surface area contributed by atoms with Crippen molar-refractivity contribution in [3.63, 3.8) is 0 Å². The Balaban J connectivity index is 0.000000845. The molecule has 0 atom stereocenters. The maximum absolute atomic E-state index is 12.7. The molecule has 0 aliphatic carbocycles. The molecule has 1 saturated heterocycles. The summed E-state index contributed by atoms with van der Waals surface area (Å²) in [6, 6.07) is 2.31. The van der Waals surface area contributed by atoms with Gasteiger partial charge < -0.3 is 10.1 Å². The van der Waals surface area contributed by atoms with E-state index in [0.29, 0.717) is 11.3 Å². The predicted octanol–water partition coefficient (Wildman–Crippen LogP) is 6.63. The summed E-state index contributed by atoms with van der Waals surface area (Å²) < 4.78 is 43.8. The number of nitrogens with one attached hydrogen (secondary N) is 1. The Morgan fingerprint density at radius 3 is 2.08 bits per heavy atom. The molecule has 2 rings (SSSR count). The van der Waals surface area contributed by atoms with Crippen LogP contribution in [0.3, 0.4) is 0 Å². The summed E-state index contributed by atoms with van der Waals surface area (Å²) in [6.07, 6.45) is -0.0709. The number of aryl methyl sites for hydroxylation is 1. The molecule has 0 aromatic heterocycles. The Morgan fingerprint density at radius 2 is 1.64 bits per heavy atom. The molecular formula is C19H31ClF3NO. The molecule has 2 nitrogen and oxygen atoms in total. The summed E-state index contributed by atoms with van der Waals surface area (Å²) in [6.45, 7) is 11.7. The topological polar surface area (TPSA) is 21.3 Å². The molecule has 1 N–H and O–H groups in total. The van der Waals surface area contributed by atoms with Crippen LogP contribution in [0, 0.1) is 6.92 Å². The molecule has 146 valence electrons. The molecule has 0 unspecified atom stereocenters. The van der Waals surface area contributed by atoms with Gasteiger partial charge in [0.05, 0.1) is 10.6 Å². The lowest BCUT2D eigenvalue weighted by Gasteiger charge is -2.25. The Bertz CT molecular complexity index is 484. The van der Waals surface area contributed by atoms with Gasteiger partial charge in [0.25, 0.3) is 0 Å². The molecule has 25 heavy (non-hydrogen) atoms. The highest BCUT2D eigenvalue weighted by Crippen LogP contribution is 2.38. The average Bonchev–Trinajstić information content (AvgIpc) is 2.60.